The minimum atomic E-state index is -3.97. The van der Waals surface area contributed by atoms with Gasteiger partial charge in [0, 0.05) is 6.54 Å². The predicted octanol–water partition coefficient (Wildman–Crippen LogP) is -0.174. The van der Waals surface area contributed by atoms with Crippen molar-refractivity contribution in [3.05, 3.63) is 0 Å². The molecule has 3 N–H and O–H groups in total. The van der Waals surface area contributed by atoms with Gasteiger partial charge in [0.2, 0.25) is 0 Å². The van der Waals surface area contributed by atoms with Crippen molar-refractivity contribution < 1.29 is 19.5 Å². The Morgan fingerprint density at radius 2 is 1.92 bits per heavy atom. The van der Waals surface area contributed by atoms with E-state index < -0.39 is 7.60 Å². The summed E-state index contributed by atoms with van der Waals surface area (Å²) in [5.41, 5.74) is 0. The van der Waals surface area contributed by atoms with E-state index in [1.165, 1.54) is 0 Å². The Kier molecular flexibility index (Phi) is 5.70. The molecule has 6 heteroatoms. The molecule has 0 saturated heterocycles. The zero-order valence-electron chi connectivity index (χ0n) is 7.18. The molecule has 0 bridgehead atoms. The van der Waals surface area contributed by atoms with E-state index in [9.17, 15) is 4.57 Å². The van der Waals surface area contributed by atoms with E-state index in [-0.39, 0.29) is 12.9 Å². The molecule has 0 rings (SSSR count). The van der Waals surface area contributed by atoms with Gasteiger partial charge in [-0.1, -0.05) is 6.92 Å². The van der Waals surface area contributed by atoms with Crippen LogP contribution in [0, 0.1) is 0 Å². The summed E-state index contributed by atoms with van der Waals surface area (Å²) in [6, 6.07) is 0. The summed E-state index contributed by atoms with van der Waals surface area (Å²) < 4.78 is 10.6. The van der Waals surface area contributed by atoms with Gasteiger partial charge >= 0.3 is 7.60 Å². The Bertz CT molecular complexity index is 152. The standard InChI is InChI=1S/C6H16NO4P/c1-2-3-7(4-5-8)6-12(9,10)11/h8H,2-6H2,1H3,(H2,9,10,11). The van der Waals surface area contributed by atoms with Crippen LogP contribution < -0.4 is 0 Å². The second kappa shape index (κ2) is 5.67. The van der Waals surface area contributed by atoms with Crippen molar-refractivity contribution in [2.75, 3.05) is 26.0 Å². The SMILES string of the molecule is CCCN(CCO)CP(=O)(O)O. The largest absolute Gasteiger partial charge is 0.395 e. The van der Waals surface area contributed by atoms with Crippen molar-refractivity contribution in [3.63, 3.8) is 0 Å². The average Bonchev–Trinajstić information content (AvgIpc) is 1.84. The number of hydrogen-bond acceptors (Lipinski definition) is 3. The van der Waals surface area contributed by atoms with Crippen LogP contribution in [0.15, 0.2) is 0 Å². The monoisotopic (exact) mass is 197 g/mol. The molecule has 5 nitrogen and oxygen atoms in total. The molecule has 74 valence electrons. The van der Waals surface area contributed by atoms with E-state index in [0.717, 1.165) is 6.42 Å². The Balaban J connectivity index is 3.86. The summed E-state index contributed by atoms with van der Waals surface area (Å²) in [6.45, 7) is 2.77. The summed E-state index contributed by atoms with van der Waals surface area (Å²) in [6.07, 6.45) is 0.557. The summed E-state index contributed by atoms with van der Waals surface area (Å²) >= 11 is 0. The van der Waals surface area contributed by atoms with E-state index in [1.807, 2.05) is 6.92 Å². The molecule has 0 aliphatic carbocycles. The first-order valence-corrected chi connectivity index (χ1v) is 5.67. The quantitative estimate of drug-likeness (QED) is 0.515. The van der Waals surface area contributed by atoms with Crippen molar-refractivity contribution in [1.82, 2.24) is 4.90 Å². The van der Waals surface area contributed by atoms with Gasteiger partial charge in [0.15, 0.2) is 0 Å². The van der Waals surface area contributed by atoms with Crippen LogP contribution in [0.5, 0.6) is 0 Å². The third kappa shape index (κ3) is 6.76. The molecule has 0 atom stereocenters. The van der Waals surface area contributed by atoms with Crippen molar-refractivity contribution in [2.24, 2.45) is 0 Å². The normalized spacial score (nSPS) is 12.4. The van der Waals surface area contributed by atoms with Crippen LogP contribution >= 0.6 is 7.60 Å². The minimum Gasteiger partial charge on any atom is -0.395 e. The Morgan fingerprint density at radius 1 is 1.33 bits per heavy atom. The molecule has 0 unspecified atom stereocenters. The lowest BCUT2D eigenvalue weighted by Crippen LogP contribution is -2.28. The van der Waals surface area contributed by atoms with Crippen LogP contribution in [0.2, 0.25) is 0 Å². The van der Waals surface area contributed by atoms with Gasteiger partial charge < -0.3 is 14.9 Å². The minimum absolute atomic E-state index is 0.0694. The molecular weight excluding hydrogens is 181 g/mol. The lowest BCUT2D eigenvalue weighted by atomic mass is 10.4. The van der Waals surface area contributed by atoms with E-state index in [1.54, 1.807) is 4.90 Å². The lowest BCUT2D eigenvalue weighted by molar-refractivity contribution is 0.204. The van der Waals surface area contributed by atoms with Gasteiger partial charge in [0.05, 0.1) is 6.61 Å². The topological polar surface area (TPSA) is 81.0 Å². The van der Waals surface area contributed by atoms with Gasteiger partial charge in [-0.15, -0.1) is 0 Å². The molecule has 0 heterocycles. The van der Waals surface area contributed by atoms with Gasteiger partial charge in [-0.2, -0.15) is 0 Å². The van der Waals surface area contributed by atoms with E-state index >= 15 is 0 Å². The van der Waals surface area contributed by atoms with Gasteiger partial charge in [0.1, 0.15) is 6.29 Å². The highest BCUT2D eigenvalue weighted by atomic mass is 31.2. The molecule has 0 aromatic rings. The second-order valence-corrected chi connectivity index (χ2v) is 4.26. The summed E-state index contributed by atoms with van der Waals surface area (Å²) in [5, 5.41) is 8.57. The first-order chi connectivity index (χ1) is 5.49. The number of aliphatic hydroxyl groups excluding tert-OH is 1. The molecule has 0 aromatic carbocycles. The van der Waals surface area contributed by atoms with Crippen molar-refractivity contribution >= 4 is 7.60 Å². The third-order valence-electron chi connectivity index (χ3n) is 1.34. The molecule has 0 aliphatic rings. The van der Waals surface area contributed by atoms with Gasteiger partial charge in [-0.3, -0.25) is 9.46 Å². The fourth-order valence-electron chi connectivity index (χ4n) is 0.971. The third-order valence-corrected chi connectivity index (χ3v) is 2.11. The maximum absolute atomic E-state index is 10.6. The summed E-state index contributed by atoms with van der Waals surface area (Å²) in [7, 11) is -3.97. The first-order valence-electron chi connectivity index (χ1n) is 3.87. The van der Waals surface area contributed by atoms with Crippen molar-refractivity contribution in [1.29, 1.82) is 0 Å². The average molecular weight is 197 g/mol. The number of hydrogen-bond donors (Lipinski definition) is 3. The molecule has 0 radical (unpaired) electrons. The Morgan fingerprint density at radius 3 is 2.25 bits per heavy atom. The lowest BCUT2D eigenvalue weighted by Gasteiger charge is -2.20. The molecule has 0 aromatic heterocycles. The zero-order chi connectivity index (χ0) is 9.61. The number of rotatable bonds is 6. The highest BCUT2D eigenvalue weighted by Crippen LogP contribution is 2.34. The van der Waals surface area contributed by atoms with Crippen LogP contribution in [-0.2, 0) is 4.57 Å². The molecule has 0 saturated carbocycles. The Hall–Kier alpha value is 0.0700. The molecule has 12 heavy (non-hydrogen) atoms. The highest BCUT2D eigenvalue weighted by Gasteiger charge is 2.17. The highest BCUT2D eigenvalue weighted by molar-refractivity contribution is 7.51. The molecule has 0 spiro atoms. The van der Waals surface area contributed by atoms with Crippen LogP contribution in [-0.4, -0.2) is 45.8 Å². The van der Waals surface area contributed by atoms with E-state index in [0.29, 0.717) is 13.1 Å². The van der Waals surface area contributed by atoms with Crippen LogP contribution in [0.1, 0.15) is 13.3 Å². The maximum Gasteiger partial charge on any atom is 0.339 e. The molecule has 0 amide bonds. The molecule has 0 fully saturated rings. The zero-order valence-corrected chi connectivity index (χ0v) is 8.07. The fourth-order valence-corrected chi connectivity index (χ4v) is 1.78. The van der Waals surface area contributed by atoms with E-state index in [2.05, 4.69) is 0 Å². The predicted molar refractivity (Wildman–Crippen MR) is 45.9 cm³/mol. The summed E-state index contributed by atoms with van der Waals surface area (Å²) in [5.74, 6) is 0. The summed E-state index contributed by atoms with van der Waals surface area (Å²) in [4.78, 5) is 18.8. The Labute approximate surface area is 72.2 Å². The van der Waals surface area contributed by atoms with Gasteiger partial charge in [0.25, 0.3) is 0 Å². The smallest absolute Gasteiger partial charge is 0.339 e. The van der Waals surface area contributed by atoms with Crippen LogP contribution in [0.25, 0.3) is 0 Å². The van der Waals surface area contributed by atoms with E-state index in [4.69, 9.17) is 14.9 Å². The second-order valence-electron chi connectivity index (χ2n) is 2.65. The first kappa shape index (κ1) is 12.1. The maximum atomic E-state index is 10.6. The number of nitrogens with zero attached hydrogens (tertiary/aromatic N) is 1. The van der Waals surface area contributed by atoms with Gasteiger partial charge in [-0.05, 0) is 13.0 Å². The van der Waals surface area contributed by atoms with Crippen LogP contribution in [0.3, 0.4) is 0 Å². The van der Waals surface area contributed by atoms with Crippen molar-refractivity contribution in [3.8, 4) is 0 Å². The fraction of sp³-hybridized carbons (Fsp3) is 1.00. The number of aliphatic hydroxyl groups is 1. The van der Waals surface area contributed by atoms with Gasteiger partial charge in [-0.25, -0.2) is 0 Å². The van der Waals surface area contributed by atoms with Crippen LogP contribution in [0.4, 0.5) is 0 Å². The van der Waals surface area contributed by atoms with Crippen molar-refractivity contribution in [2.45, 2.75) is 13.3 Å². The molecular formula is C6H16NO4P. The molecule has 0 aliphatic heterocycles.